The van der Waals surface area contributed by atoms with Gasteiger partial charge in [0.1, 0.15) is 5.82 Å². The molecule has 4 N–H and O–H groups in total. The van der Waals surface area contributed by atoms with E-state index in [0.29, 0.717) is 11.4 Å². The minimum absolute atomic E-state index is 0.287. The molecule has 0 spiro atoms. The molecule has 0 radical (unpaired) electrons. The number of anilines is 1. The largest absolute Gasteiger partial charge is 0.378 e. The summed E-state index contributed by atoms with van der Waals surface area (Å²) in [6.45, 7) is 0. The first-order valence-electron chi connectivity index (χ1n) is 9.92. The summed E-state index contributed by atoms with van der Waals surface area (Å²) >= 11 is 0. The average Bonchev–Trinajstić information content (AvgIpc) is 3.23. The highest BCUT2D eigenvalue weighted by molar-refractivity contribution is 5.95. The predicted molar refractivity (Wildman–Crippen MR) is 124 cm³/mol. The minimum atomic E-state index is -0.410. The van der Waals surface area contributed by atoms with Crippen LogP contribution >= 0.6 is 0 Å². The van der Waals surface area contributed by atoms with E-state index >= 15 is 0 Å². The molecule has 0 saturated carbocycles. The number of aromatic nitrogens is 2. The highest BCUT2D eigenvalue weighted by Crippen LogP contribution is 2.20. The van der Waals surface area contributed by atoms with Gasteiger partial charge in [-0.25, -0.2) is 10.4 Å². The highest BCUT2D eigenvalue weighted by Gasteiger charge is 2.14. The topological polar surface area (TPSA) is 99.4 Å². The SMILES string of the molecule is CN(C)c1ccc(C=NNC(=O)c2ccc(C(N)c3nc4ccccc4[nH]3)cc2)cc1. The number of aromatic amines is 1. The van der Waals surface area contributed by atoms with Gasteiger partial charge in [0.2, 0.25) is 0 Å². The van der Waals surface area contributed by atoms with Crippen molar-refractivity contribution in [2.45, 2.75) is 6.04 Å². The van der Waals surface area contributed by atoms with Crippen molar-refractivity contribution in [1.82, 2.24) is 15.4 Å². The number of fused-ring (bicyclic) bond motifs is 1. The van der Waals surface area contributed by atoms with Crippen molar-refractivity contribution < 1.29 is 4.79 Å². The van der Waals surface area contributed by atoms with E-state index < -0.39 is 6.04 Å². The molecule has 1 amide bonds. The zero-order chi connectivity index (χ0) is 21.8. The Morgan fingerprint density at radius 2 is 1.77 bits per heavy atom. The molecule has 1 atom stereocenters. The number of benzene rings is 3. The number of H-pyrrole nitrogens is 1. The second kappa shape index (κ2) is 8.81. The van der Waals surface area contributed by atoms with Gasteiger partial charge in [0, 0.05) is 25.3 Å². The monoisotopic (exact) mass is 412 g/mol. The van der Waals surface area contributed by atoms with E-state index in [1.807, 2.05) is 79.7 Å². The number of hydrogen-bond acceptors (Lipinski definition) is 5. The van der Waals surface area contributed by atoms with Gasteiger partial charge < -0.3 is 15.6 Å². The lowest BCUT2D eigenvalue weighted by atomic mass is 10.0. The molecule has 4 rings (SSSR count). The van der Waals surface area contributed by atoms with E-state index in [4.69, 9.17) is 5.73 Å². The molecule has 0 fully saturated rings. The Labute approximate surface area is 180 Å². The van der Waals surface area contributed by atoms with Crippen LogP contribution in [0.4, 0.5) is 5.69 Å². The Hall–Kier alpha value is -3.97. The second-order valence-corrected chi connectivity index (χ2v) is 7.42. The number of para-hydroxylation sites is 2. The van der Waals surface area contributed by atoms with Gasteiger partial charge in [-0.15, -0.1) is 0 Å². The molecule has 0 bridgehead atoms. The Kier molecular flexibility index (Phi) is 5.77. The van der Waals surface area contributed by atoms with Gasteiger partial charge in [0.05, 0.1) is 23.3 Å². The summed E-state index contributed by atoms with van der Waals surface area (Å²) in [6.07, 6.45) is 1.61. The quantitative estimate of drug-likeness (QED) is 0.334. The fourth-order valence-electron chi connectivity index (χ4n) is 3.21. The van der Waals surface area contributed by atoms with Crippen LogP contribution in [0.1, 0.15) is 33.4 Å². The van der Waals surface area contributed by atoms with Crippen molar-refractivity contribution in [2.75, 3.05) is 19.0 Å². The third-order valence-electron chi connectivity index (χ3n) is 5.02. The van der Waals surface area contributed by atoms with Crippen LogP contribution in [-0.4, -0.2) is 36.2 Å². The standard InChI is InChI=1S/C24H24N6O/c1-30(2)19-13-7-16(8-14-19)15-26-29-24(31)18-11-9-17(10-12-18)22(25)23-27-20-5-3-4-6-21(20)28-23/h3-15,22H,25H2,1-2H3,(H,27,28)(H,29,31). The van der Waals surface area contributed by atoms with Crippen LogP contribution in [0, 0.1) is 0 Å². The molecule has 1 heterocycles. The van der Waals surface area contributed by atoms with Crippen LogP contribution in [0.5, 0.6) is 0 Å². The van der Waals surface area contributed by atoms with Crippen molar-refractivity contribution in [3.8, 4) is 0 Å². The molecule has 7 nitrogen and oxygen atoms in total. The Morgan fingerprint density at radius 3 is 2.45 bits per heavy atom. The highest BCUT2D eigenvalue weighted by atomic mass is 16.2. The van der Waals surface area contributed by atoms with Crippen molar-refractivity contribution in [3.05, 3.63) is 95.3 Å². The number of imidazole rings is 1. The first kappa shape index (κ1) is 20.3. The molecule has 31 heavy (non-hydrogen) atoms. The summed E-state index contributed by atoms with van der Waals surface area (Å²) in [5.41, 5.74) is 14.1. The summed E-state index contributed by atoms with van der Waals surface area (Å²) in [5.74, 6) is 0.397. The Balaban J connectivity index is 1.39. The van der Waals surface area contributed by atoms with Gasteiger partial charge in [-0.1, -0.05) is 36.4 Å². The summed E-state index contributed by atoms with van der Waals surface area (Å²) < 4.78 is 0. The van der Waals surface area contributed by atoms with Crippen molar-refractivity contribution in [2.24, 2.45) is 10.8 Å². The number of hydrogen-bond donors (Lipinski definition) is 3. The summed E-state index contributed by atoms with van der Waals surface area (Å²) in [4.78, 5) is 22.2. The molecular formula is C24H24N6O. The predicted octanol–water partition coefficient (Wildman–Crippen LogP) is 3.44. The number of nitrogens with one attached hydrogen (secondary N) is 2. The fourth-order valence-corrected chi connectivity index (χ4v) is 3.21. The zero-order valence-corrected chi connectivity index (χ0v) is 17.4. The number of carbonyl (C=O) groups is 1. The normalized spacial score (nSPS) is 12.2. The third-order valence-corrected chi connectivity index (χ3v) is 5.02. The minimum Gasteiger partial charge on any atom is -0.378 e. The maximum absolute atomic E-state index is 12.4. The van der Waals surface area contributed by atoms with E-state index in [9.17, 15) is 4.79 Å². The van der Waals surface area contributed by atoms with Gasteiger partial charge in [0.25, 0.3) is 5.91 Å². The van der Waals surface area contributed by atoms with Crippen molar-refractivity contribution in [1.29, 1.82) is 0 Å². The van der Waals surface area contributed by atoms with Crippen molar-refractivity contribution in [3.63, 3.8) is 0 Å². The van der Waals surface area contributed by atoms with Crippen LogP contribution in [0.2, 0.25) is 0 Å². The smallest absolute Gasteiger partial charge is 0.271 e. The number of nitrogens with two attached hydrogens (primary N) is 1. The average molecular weight is 412 g/mol. The van der Waals surface area contributed by atoms with Gasteiger partial charge >= 0.3 is 0 Å². The molecule has 0 saturated heterocycles. The van der Waals surface area contributed by atoms with Gasteiger partial charge in [0.15, 0.2) is 0 Å². The van der Waals surface area contributed by atoms with Crippen LogP contribution in [0.25, 0.3) is 11.0 Å². The Bertz CT molecular complexity index is 1180. The molecule has 3 aromatic carbocycles. The molecule has 0 aliphatic carbocycles. The molecule has 0 aliphatic rings. The first-order valence-corrected chi connectivity index (χ1v) is 9.92. The van der Waals surface area contributed by atoms with E-state index in [2.05, 4.69) is 20.5 Å². The van der Waals surface area contributed by atoms with E-state index in [-0.39, 0.29) is 5.91 Å². The fraction of sp³-hybridized carbons (Fsp3) is 0.125. The maximum atomic E-state index is 12.4. The summed E-state index contributed by atoms with van der Waals surface area (Å²) in [6, 6.07) is 22.4. The molecular weight excluding hydrogens is 388 g/mol. The molecule has 1 unspecified atom stereocenters. The van der Waals surface area contributed by atoms with Crippen LogP contribution in [0.15, 0.2) is 77.9 Å². The van der Waals surface area contributed by atoms with Gasteiger partial charge in [-0.3, -0.25) is 4.79 Å². The summed E-state index contributed by atoms with van der Waals surface area (Å²) in [7, 11) is 3.97. The number of rotatable bonds is 6. The molecule has 4 aromatic rings. The number of nitrogens with zero attached hydrogens (tertiary/aromatic N) is 3. The van der Waals surface area contributed by atoms with E-state index in [1.54, 1.807) is 18.3 Å². The third kappa shape index (κ3) is 4.62. The number of hydrazone groups is 1. The molecule has 1 aromatic heterocycles. The maximum Gasteiger partial charge on any atom is 0.271 e. The second-order valence-electron chi connectivity index (χ2n) is 7.42. The number of amides is 1. The number of carbonyl (C=O) groups excluding carboxylic acids is 1. The van der Waals surface area contributed by atoms with Gasteiger partial charge in [-0.2, -0.15) is 5.10 Å². The molecule has 156 valence electrons. The summed E-state index contributed by atoms with van der Waals surface area (Å²) in [5, 5.41) is 4.04. The molecule has 0 aliphatic heterocycles. The lowest BCUT2D eigenvalue weighted by molar-refractivity contribution is 0.0955. The van der Waals surface area contributed by atoms with Crippen LogP contribution in [-0.2, 0) is 0 Å². The Morgan fingerprint density at radius 1 is 1.06 bits per heavy atom. The van der Waals surface area contributed by atoms with Crippen LogP contribution < -0.4 is 16.1 Å². The van der Waals surface area contributed by atoms with E-state index in [0.717, 1.165) is 27.8 Å². The lowest BCUT2D eigenvalue weighted by Crippen LogP contribution is -2.18. The van der Waals surface area contributed by atoms with Crippen LogP contribution in [0.3, 0.4) is 0 Å². The molecule has 7 heteroatoms. The lowest BCUT2D eigenvalue weighted by Gasteiger charge is -2.11. The first-order chi connectivity index (χ1) is 15.0. The van der Waals surface area contributed by atoms with Gasteiger partial charge in [-0.05, 0) is 47.5 Å². The van der Waals surface area contributed by atoms with E-state index in [1.165, 1.54) is 0 Å². The van der Waals surface area contributed by atoms with Crippen molar-refractivity contribution >= 4 is 28.8 Å². The zero-order valence-electron chi connectivity index (χ0n) is 17.4.